The van der Waals surface area contributed by atoms with E-state index >= 15 is 0 Å². The number of imide groups is 2. The number of carbonyl (C=O) groups excluding carboxylic acids is 4. The van der Waals surface area contributed by atoms with E-state index in [4.69, 9.17) is 9.47 Å². The summed E-state index contributed by atoms with van der Waals surface area (Å²) in [7, 11) is 0. The smallest absolute Gasteiger partial charge is 0.238 e. The highest BCUT2D eigenvalue weighted by atomic mass is 16.5. The lowest BCUT2D eigenvalue weighted by atomic mass is 9.54. The Morgan fingerprint density at radius 3 is 1.14 bits per heavy atom. The predicted octanol–water partition coefficient (Wildman–Crippen LogP) is 3.21. The van der Waals surface area contributed by atoms with Crippen molar-refractivity contribution in [3.05, 3.63) is 60.7 Å². The average molecular weight is 487 g/mol. The van der Waals surface area contributed by atoms with Crippen LogP contribution in [-0.4, -0.2) is 36.8 Å². The molecule has 0 N–H and O–H groups in total. The Bertz CT molecular complexity index is 1140. The fourth-order valence-electron chi connectivity index (χ4n) is 6.45. The maximum atomic E-state index is 13.6. The largest absolute Gasteiger partial charge is 0.494 e. The van der Waals surface area contributed by atoms with Gasteiger partial charge in [-0.1, -0.05) is 12.2 Å². The highest BCUT2D eigenvalue weighted by Crippen LogP contribution is 2.58. The van der Waals surface area contributed by atoms with E-state index in [1.807, 2.05) is 26.0 Å². The van der Waals surface area contributed by atoms with Crippen LogP contribution in [0.4, 0.5) is 11.4 Å². The molecule has 3 fully saturated rings. The highest BCUT2D eigenvalue weighted by molar-refractivity contribution is 6.26. The van der Waals surface area contributed by atoms with Gasteiger partial charge in [-0.05, 0) is 62.4 Å². The molecule has 2 aromatic carbocycles. The molecule has 36 heavy (non-hydrogen) atoms. The van der Waals surface area contributed by atoms with Crippen LogP contribution in [-0.2, 0) is 19.2 Å². The molecule has 4 atom stereocenters. The molecule has 5 aliphatic rings. The summed E-state index contributed by atoms with van der Waals surface area (Å²) in [6.07, 6.45) is 3.74. The fraction of sp³-hybridized carbons (Fsp3) is 0.357. The molecule has 8 heteroatoms. The molecule has 2 saturated heterocycles. The normalized spacial score (nSPS) is 30.2. The molecular weight excluding hydrogens is 460 g/mol. The van der Waals surface area contributed by atoms with Crippen molar-refractivity contribution < 1.29 is 28.7 Å². The molecule has 4 amide bonds. The monoisotopic (exact) mass is 486 g/mol. The van der Waals surface area contributed by atoms with E-state index < -0.39 is 35.5 Å². The fourth-order valence-corrected chi connectivity index (χ4v) is 6.45. The number of nitrogens with zero attached hydrogens (tertiary/aromatic N) is 2. The van der Waals surface area contributed by atoms with Gasteiger partial charge in [0.1, 0.15) is 11.5 Å². The maximum Gasteiger partial charge on any atom is 0.238 e. The molecule has 3 aliphatic carbocycles. The predicted molar refractivity (Wildman–Crippen MR) is 130 cm³/mol. The molecule has 7 rings (SSSR count). The van der Waals surface area contributed by atoms with Gasteiger partial charge in [0.2, 0.25) is 23.6 Å². The maximum absolute atomic E-state index is 13.6. The number of hydrogen-bond acceptors (Lipinski definition) is 6. The number of benzene rings is 2. The lowest BCUT2D eigenvalue weighted by Gasteiger charge is -2.44. The Hall–Kier alpha value is -3.94. The second-order valence-corrected chi connectivity index (χ2v) is 9.52. The molecule has 1 saturated carbocycles. The van der Waals surface area contributed by atoms with Crippen molar-refractivity contribution in [1.29, 1.82) is 0 Å². The molecule has 2 aromatic rings. The van der Waals surface area contributed by atoms with E-state index in [2.05, 4.69) is 0 Å². The zero-order valence-corrected chi connectivity index (χ0v) is 20.0. The first-order valence-corrected chi connectivity index (χ1v) is 12.4. The molecule has 0 unspecified atom stereocenters. The van der Waals surface area contributed by atoms with Gasteiger partial charge in [-0.15, -0.1) is 0 Å². The zero-order chi connectivity index (χ0) is 25.1. The number of carbonyl (C=O) groups is 4. The van der Waals surface area contributed by atoms with E-state index in [0.29, 0.717) is 36.1 Å². The van der Waals surface area contributed by atoms with Crippen molar-refractivity contribution in [2.75, 3.05) is 23.0 Å². The number of anilines is 2. The minimum absolute atomic E-state index is 0.313. The number of rotatable bonds is 6. The van der Waals surface area contributed by atoms with Crippen molar-refractivity contribution in [3.63, 3.8) is 0 Å². The Kier molecular flexibility index (Phi) is 5.21. The van der Waals surface area contributed by atoms with Gasteiger partial charge >= 0.3 is 0 Å². The Morgan fingerprint density at radius 1 is 0.556 bits per heavy atom. The van der Waals surface area contributed by atoms with Crippen LogP contribution in [0.15, 0.2) is 60.7 Å². The van der Waals surface area contributed by atoms with Gasteiger partial charge in [0, 0.05) is 11.8 Å². The van der Waals surface area contributed by atoms with Crippen LogP contribution in [0.5, 0.6) is 11.5 Å². The van der Waals surface area contributed by atoms with Gasteiger partial charge in [0.05, 0.1) is 48.3 Å². The summed E-state index contributed by atoms with van der Waals surface area (Å²) in [4.78, 5) is 56.8. The summed E-state index contributed by atoms with van der Waals surface area (Å²) in [6, 6.07) is 13.7. The van der Waals surface area contributed by atoms with E-state index in [9.17, 15) is 19.2 Å². The third-order valence-corrected chi connectivity index (χ3v) is 7.82. The first-order valence-electron chi connectivity index (χ1n) is 12.4. The first-order chi connectivity index (χ1) is 17.5. The van der Waals surface area contributed by atoms with Crippen molar-refractivity contribution in [2.45, 2.75) is 13.8 Å². The summed E-state index contributed by atoms with van der Waals surface area (Å²) < 4.78 is 10.9. The van der Waals surface area contributed by atoms with Crippen LogP contribution in [0.1, 0.15) is 13.8 Å². The summed E-state index contributed by atoms with van der Waals surface area (Å²) in [5, 5.41) is 0. The van der Waals surface area contributed by atoms with Gasteiger partial charge in [0.15, 0.2) is 0 Å². The minimum Gasteiger partial charge on any atom is -0.494 e. The molecule has 2 heterocycles. The zero-order valence-electron chi connectivity index (χ0n) is 20.0. The van der Waals surface area contributed by atoms with E-state index in [1.165, 1.54) is 9.80 Å². The number of allylic oxidation sites excluding steroid dienone is 2. The number of amides is 4. The number of ether oxygens (including phenoxy) is 2. The summed E-state index contributed by atoms with van der Waals surface area (Å²) in [5.74, 6) is -3.57. The van der Waals surface area contributed by atoms with Crippen LogP contribution in [0.2, 0.25) is 0 Å². The van der Waals surface area contributed by atoms with E-state index in [-0.39, 0.29) is 23.6 Å². The average Bonchev–Trinajstić information content (AvgIpc) is 3.33. The second kappa shape index (κ2) is 8.33. The van der Waals surface area contributed by atoms with Crippen LogP contribution >= 0.6 is 0 Å². The molecule has 0 radical (unpaired) electrons. The lowest BCUT2D eigenvalue weighted by molar-refractivity contribution is -0.137. The molecule has 0 aromatic heterocycles. The number of hydrogen-bond donors (Lipinski definition) is 0. The minimum atomic E-state index is -0.655. The van der Waals surface area contributed by atoms with E-state index in [0.717, 1.165) is 0 Å². The van der Waals surface area contributed by atoms with Crippen LogP contribution in [0, 0.1) is 35.5 Å². The van der Waals surface area contributed by atoms with Crippen LogP contribution < -0.4 is 19.3 Å². The molecule has 184 valence electrons. The summed E-state index contributed by atoms with van der Waals surface area (Å²) in [5.41, 5.74) is 0.946. The topological polar surface area (TPSA) is 93.2 Å². The van der Waals surface area contributed by atoms with Crippen molar-refractivity contribution in [3.8, 4) is 11.5 Å². The van der Waals surface area contributed by atoms with Gasteiger partial charge in [-0.25, -0.2) is 0 Å². The van der Waals surface area contributed by atoms with Crippen LogP contribution in [0.3, 0.4) is 0 Å². The Morgan fingerprint density at radius 2 is 0.861 bits per heavy atom. The van der Waals surface area contributed by atoms with Gasteiger partial charge in [0.25, 0.3) is 0 Å². The van der Waals surface area contributed by atoms with Gasteiger partial charge in [-0.2, -0.15) is 0 Å². The van der Waals surface area contributed by atoms with Gasteiger partial charge < -0.3 is 9.47 Å². The van der Waals surface area contributed by atoms with Crippen LogP contribution in [0.25, 0.3) is 0 Å². The van der Waals surface area contributed by atoms with Crippen molar-refractivity contribution in [1.82, 2.24) is 0 Å². The summed E-state index contributed by atoms with van der Waals surface area (Å²) in [6.45, 7) is 4.79. The molecular formula is C28H26N2O6. The third-order valence-electron chi connectivity index (χ3n) is 7.82. The first kappa shape index (κ1) is 22.5. The third kappa shape index (κ3) is 3.06. The molecule has 0 spiro atoms. The molecule has 2 bridgehead atoms. The van der Waals surface area contributed by atoms with Crippen molar-refractivity contribution in [2.24, 2.45) is 35.5 Å². The highest BCUT2D eigenvalue weighted by Gasteiger charge is 2.68. The SMILES string of the molecule is CCOc1ccc(N2C(=O)[C@@H]3C4C=CC([C@H]3C2=O)[C@H]2C(=O)N(c3ccc(OCC)cc3)C(=O)[C@H]42)cc1. The quantitative estimate of drug-likeness (QED) is 0.460. The van der Waals surface area contributed by atoms with Gasteiger partial charge in [-0.3, -0.25) is 29.0 Å². The van der Waals surface area contributed by atoms with E-state index in [1.54, 1.807) is 48.5 Å². The molecule has 8 nitrogen and oxygen atoms in total. The Balaban J connectivity index is 1.31. The summed E-state index contributed by atoms with van der Waals surface area (Å²) >= 11 is 0. The lowest BCUT2D eigenvalue weighted by Crippen LogP contribution is -2.50. The standard InChI is InChI=1S/C28H26N2O6/c1-3-35-17-9-5-15(6-10-17)29-25(31)21-19-13-14-20(22(21)26(29)32)24-23(19)27(33)30(28(24)34)16-7-11-18(12-8-16)36-4-2/h5-14,19-24H,3-4H2,1-2H3/t19?,20?,21-,22-,23-,24-/m1/s1. The van der Waals surface area contributed by atoms with Crippen molar-refractivity contribution >= 4 is 35.0 Å². The molecule has 2 aliphatic heterocycles. The second-order valence-electron chi connectivity index (χ2n) is 9.52. The Labute approximate surface area is 208 Å².